The molecule has 0 radical (unpaired) electrons. The molecular formula is C17H21F3N2O3. The molecule has 0 bridgehead atoms. The van der Waals surface area contributed by atoms with Crippen LogP contribution in [0, 0.1) is 12.8 Å². The molecule has 1 aliphatic rings. The molecule has 0 unspecified atom stereocenters. The van der Waals surface area contributed by atoms with E-state index in [1.807, 2.05) is 13.8 Å². The Morgan fingerprint density at radius 2 is 2.04 bits per heavy atom. The summed E-state index contributed by atoms with van der Waals surface area (Å²) < 4.78 is 45.3. The predicted octanol–water partition coefficient (Wildman–Crippen LogP) is 3.26. The van der Waals surface area contributed by atoms with Gasteiger partial charge in [0.1, 0.15) is 5.75 Å². The van der Waals surface area contributed by atoms with Gasteiger partial charge in [-0.05, 0) is 30.9 Å². The van der Waals surface area contributed by atoms with Crippen LogP contribution in [0.3, 0.4) is 0 Å². The normalized spacial score (nSPS) is 20.8. The van der Waals surface area contributed by atoms with Crippen molar-refractivity contribution < 1.29 is 27.8 Å². The molecule has 1 atom stereocenters. The molecule has 25 heavy (non-hydrogen) atoms. The fourth-order valence-corrected chi connectivity index (χ4v) is 2.60. The summed E-state index contributed by atoms with van der Waals surface area (Å²) in [6, 6.07) is 6.82. The molecule has 1 N–H and O–H groups in total. The van der Waals surface area contributed by atoms with Crippen molar-refractivity contribution in [3.8, 4) is 5.75 Å². The largest absolute Gasteiger partial charge is 0.483 e. The summed E-state index contributed by atoms with van der Waals surface area (Å²) in [7, 11) is 0. The molecule has 0 saturated heterocycles. The van der Waals surface area contributed by atoms with Gasteiger partial charge in [-0.2, -0.15) is 23.3 Å². The van der Waals surface area contributed by atoms with Gasteiger partial charge in [-0.25, -0.2) is 0 Å². The van der Waals surface area contributed by atoms with Crippen molar-refractivity contribution in [1.29, 1.82) is 0 Å². The summed E-state index contributed by atoms with van der Waals surface area (Å²) in [6.07, 6.45) is -5.50. The van der Waals surface area contributed by atoms with E-state index in [1.165, 1.54) is 0 Å². The van der Waals surface area contributed by atoms with Gasteiger partial charge in [-0.1, -0.05) is 32.0 Å². The van der Waals surface area contributed by atoms with Crippen LogP contribution < -0.4 is 4.74 Å². The zero-order chi connectivity index (χ0) is 18.8. The van der Waals surface area contributed by atoms with Gasteiger partial charge in [0.2, 0.25) is 0 Å². The van der Waals surface area contributed by atoms with Gasteiger partial charge in [0, 0.05) is 12.1 Å². The van der Waals surface area contributed by atoms with Crippen LogP contribution in [0.1, 0.15) is 32.3 Å². The Bertz CT molecular complexity index is 673. The zero-order valence-corrected chi connectivity index (χ0v) is 14.3. The number of halogens is 3. The van der Waals surface area contributed by atoms with E-state index in [2.05, 4.69) is 5.10 Å². The molecule has 0 saturated carbocycles. The standard InChI is InChI=1S/C17H21F3N2O3/c1-11(2)8-13-9-16(24,17(18,19)20)22(21-13)15(23)10-25-14-7-5-4-6-12(14)3/h4-7,11,24H,8-10H2,1-3H3/t16-/m1/s1. The van der Waals surface area contributed by atoms with Crippen molar-refractivity contribution in [1.82, 2.24) is 5.01 Å². The quantitative estimate of drug-likeness (QED) is 0.879. The Labute approximate surface area is 144 Å². The molecule has 0 spiro atoms. The average molecular weight is 358 g/mol. The minimum atomic E-state index is -5.02. The van der Waals surface area contributed by atoms with Crippen LogP contribution in [-0.2, 0) is 4.79 Å². The van der Waals surface area contributed by atoms with Gasteiger partial charge in [0.05, 0.1) is 0 Å². The lowest BCUT2D eigenvalue weighted by Gasteiger charge is -2.32. The molecule has 5 nitrogen and oxygen atoms in total. The van der Waals surface area contributed by atoms with E-state index in [4.69, 9.17) is 4.74 Å². The van der Waals surface area contributed by atoms with E-state index < -0.39 is 30.8 Å². The summed E-state index contributed by atoms with van der Waals surface area (Å²) >= 11 is 0. The average Bonchev–Trinajstić information content (AvgIpc) is 2.83. The molecule has 1 aliphatic heterocycles. The van der Waals surface area contributed by atoms with Crippen molar-refractivity contribution in [2.45, 2.75) is 45.5 Å². The summed E-state index contributed by atoms with van der Waals surface area (Å²) in [5.41, 5.74) is -2.45. The molecule has 0 fully saturated rings. The number of alkyl halides is 3. The highest BCUT2D eigenvalue weighted by atomic mass is 19.4. The first kappa shape index (κ1) is 19.2. The number of hydrogen-bond donors (Lipinski definition) is 1. The van der Waals surface area contributed by atoms with E-state index in [-0.39, 0.29) is 23.1 Å². The number of amides is 1. The number of nitrogens with zero attached hydrogens (tertiary/aromatic N) is 2. The molecule has 2 rings (SSSR count). The smallest absolute Gasteiger partial charge is 0.438 e. The van der Waals surface area contributed by atoms with Gasteiger partial charge in [-0.3, -0.25) is 4.79 Å². The van der Waals surface area contributed by atoms with E-state index in [0.717, 1.165) is 5.56 Å². The van der Waals surface area contributed by atoms with Crippen LogP contribution in [0.2, 0.25) is 0 Å². The third kappa shape index (κ3) is 4.12. The van der Waals surface area contributed by atoms with Crippen LogP contribution in [0.25, 0.3) is 0 Å². The number of carbonyl (C=O) groups excluding carboxylic acids is 1. The second kappa shape index (κ2) is 7.03. The fourth-order valence-electron chi connectivity index (χ4n) is 2.60. The monoisotopic (exact) mass is 358 g/mol. The lowest BCUT2D eigenvalue weighted by Crippen LogP contribution is -2.57. The lowest BCUT2D eigenvalue weighted by atomic mass is 9.99. The topological polar surface area (TPSA) is 62.1 Å². The van der Waals surface area contributed by atoms with Crippen molar-refractivity contribution in [3.63, 3.8) is 0 Å². The molecule has 1 amide bonds. The first-order valence-electron chi connectivity index (χ1n) is 7.91. The predicted molar refractivity (Wildman–Crippen MR) is 86.0 cm³/mol. The second-order valence-corrected chi connectivity index (χ2v) is 6.52. The minimum Gasteiger partial charge on any atom is -0.483 e. The maximum Gasteiger partial charge on any atom is 0.438 e. The molecule has 138 valence electrons. The summed E-state index contributed by atoms with van der Waals surface area (Å²) in [4.78, 5) is 12.3. The molecule has 1 heterocycles. The van der Waals surface area contributed by atoms with Crippen LogP contribution in [0.4, 0.5) is 13.2 Å². The number of ether oxygens (including phenoxy) is 1. The maximum atomic E-state index is 13.3. The minimum absolute atomic E-state index is 0.0505. The maximum absolute atomic E-state index is 13.3. The first-order chi connectivity index (χ1) is 11.5. The SMILES string of the molecule is Cc1ccccc1OCC(=O)N1N=C(CC(C)C)C[C@@]1(O)C(F)(F)F. The van der Waals surface area contributed by atoms with Gasteiger partial charge in [0.15, 0.2) is 6.61 Å². The van der Waals surface area contributed by atoms with Crippen molar-refractivity contribution in [2.24, 2.45) is 11.0 Å². The molecule has 0 aromatic heterocycles. The van der Waals surface area contributed by atoms with E-state index in [9.17, 15) is 23.1 Å². The van der Waals surface area contributed by atoms with Gasteiger partial charge in [-0.15, -0.1) is 0 Å². The Balaban J connectivity index is 2.18. The Hall–Kier alpha value is -2.09. The van der Waals surface area contributed by atoms with E-state index in [0.29, 0.717) is 5.75 Å². The first-order valence-corrected chi connectivity index (χ1v) is 7.91. The number of hydrogen-bond acceptors (Lipinski definition) is 4. The number of hydrazone groups is 1. The van der Waals surface area contributed by atoms with Crippen LogP contribution in [-0.4, -0.2) is 40.2 Å². The van der Waals surface area contributed by atoms with Gasteiger partial charge < -0.3 is 9.84 Å². The summed E-state index contributed by atoms with van der Waals surface area (Å²) in [6.45, 7) is 4.74. The van der Waals surface area contributed by atoms with E-state index in [1.54, 1.807) is 31.2 Å². The zero-order valence-electron chi connectivity index (χ0n) is 14.3. The molecule has 1 aromatic rings. The Morgan fingerprint density at radius 3 is 2.60 bits per heavy atom. The number of rotatable bonds is 5. The van der Waals surface area contributed by atoms with E-state index >= 15 is 0 Å². The summed E-state index contributed by atoms with van der Waals surface area (Å²) in [5, 5.41) is 14.0. The number of carbonyl (C=O) groups is 1. The number of aliphatic hydroxyl groups is 1. The number of benzene rings is 1. The van der Waals surface area contributed by atoms with Crippen LogP contribution >= 0.6 is 0 Å². The van der Waals surface area contributed by atoms with Crippen molar-refractivity contribution in [2.75, 3.05) is 6.61 Å². The Kier molecular flexibility index (Phi) is 5.41. The lowest BCUT2D eigenvalue weighted by molar-refractivity contribution is -0.302. The Morgan fingerprint density at radius 1 is 1.40 bits per heavy atom. The highest BCUT2D eigenvalue weighted by molar-refractivity contribution is 5.91. The van der Waals surface area contributed by atoms with Crippen LogP contribution in [0.15, 0.2) is 29.4 Å². The summed E-state index contributed by atoms with van der Waals surface area (Å²) in [5.74, 6) is -0.617. The highest BCUT2D eigenvalue weighted by Gasteiger charge is 2.63. The molecule has 0 aliphatic carbocycles. The third-order valence-corrected chi connectivity index (χ3v) is 3.82. The van der Waals surface area contributed by atoms with Crippen molar-refractivity contribution >= 4 is 11.6 Å². The van der Waals surface area contributed by atoms with Crippen molar-refractivity contribution in [3.05, 3.63) is 29.8 Å². The highest BCUT2D eigenvalue weighted by Crippen LogP contribution is 2.41. The fraction of sp³-hybridized carbons (Fsp3) is 0.529. The number of aryl methyl sites for hydroxylation is 1. The second-order valence-electron chi connectivity index (χ2n) is 6.52. The third-order valence-electron chi connectivity index (χ3n) is 3.82. The van der Waals surface area contributed by atoms with Gasteiger partial charge in [0.25, 0.3) is 11.6 Å². The number of para-hydroxylation sites is 1. The molecular weight excluding hydrogens is 337 g/mol. The van der Waals surface area contributed by atoms with Crippen LogP contribution in [0.5, 0.6) is 5.75 Å². The molecule has 1 aromatic carbocycles. The molecule has 8 heteroatoms. The van der Waals surface area contributed by atoms with Gasteiger partial charge >= 0.3 is 6.18 Å².